The zero-order valence-electron chi connectivity index (χ0n) is 20.4. The fourth-order valence-electron chi connectivity index (χ4n) is 3.71. The van der Waals surface area contributed by atoms with Gasteiger partial charge in [-0.3, -0.25) is 4.55 Å². The summed E-state index contributed by atoms with van der Waals surface area (Å²) in [6, 6.07) is 2.90. The molecule has 0 unspecified atom stereocenters. The van der Waals surface area contributed by atoms with Gasteiger partial charge in [-0.15, -0.1) is 0 Å². The van der Waals surface area contributed by atoms with Crippen LogP contribution in [0.5, 0.6) is 11.6 Å². The van der Waals surface area contributed by atoms with Crippen molar-refractivity contribution in [3.63, 3.8) is 0 Å². The summed E-state index contributed by atoms with van der Waals surface area (Å²) in [5.41, 5.74) is 1.38. The molecule has 186 valence electrons. The smallest absolute Gasteiger partial charge is 0.407 e. The summed E-state index contributed by atoms with van der Waals surface area (Å²) < 4.78 is 44.4. The first-order valence-electron chi connectivity index (χ1n) is 11.1. The Morgan fingerprint density at radius 3 is 2.38 bits per heavy atom. The van der Waals surface area contributed by atoms with Gasteiger partial charge in [-0.2, -0.15) is 13.4 Å². The number of alkyl carbamates (subject to hydrolysis) is 1. The summed E-state index contributed by atoms with van der Waals surface area (Å²) in [6.07, 6.45) is 2.57. The minimum atomic E-state index is -4.40. The molecule has 1 aliphatic heterocycles. The summed E-state index contributed by atoms with van der Waals surface area (Å²) in [4.78, 5) is 22.6. The highest BCUT2D eigenvalue weighted by molar-refractivity contribution is 7.85. The van der Waals surface area contributed by atoms with Crippen LogP contribution in [0.4, 0.5) is 10.7 Å². The lowest BCUT2D eigenvalue weighted by molar-refractivity contribution is 0.0497. The van der Waals surface area contributed by atoms with Crippen molar-refractivity contribution in [1.82, 2.24) is 15.3 Å². The van der Waals surface area contributed by atoms with Crippen LogP contribution in [0.3, 0.4) is 0 Å². The zero-order valence-corrected chi connectivity index (χ0v) is 21.2. The molecule has 1 fully saturated rings. The van der Waals surface area contributed by atoms with Gasteiger partial charge in [0.05, 0.1) is 0 Å². The van der Waals surface area contributed by atoms with Crippen molar-refractivity contribution in [1.29, 1.82) is 0 Å². The number of benzene rings is 1. The van der Waals surface area contributed by atoms with E-state index in [2.05, 4.69) is 15.3 Å². The lowest BCUT2D eigenvalue weighted by Crippen LogP contribution is -2.46. The highest BCUT2D eigenvalue weighted by Gasteiger charge is 2.25. The molecular weight excluding hydrogens is 460 g/mol. The molecule has 0 spiro atoms. The number of aromatic nitrogens is 2. The predicted molar refractivity (Wildman–Crippen MR) is 127 cm³/mol. The quantitative estimate of drug-likeness (QED) is 0.596. The fourth-order valence-corrected chi connectivity index (χ4v) is 4.51. The van der Waals surface area contributed by atoms with E-state index in [9.17, 15) is 17.8 Å². The van der Waals surface area contributed by atoms with Gasteiger partial charge in [0.25, 0.3) is 10.1 Å². The van der Waals surface area contributed by atoms with E-state index in [4.69, 9.17) is 9.47 Å². The first kappa shape index (κ1) is 25.7. The molecule has 34 heavy (non-hydrogen) atoms. The van der Waals surface area contributed by atoms with Crippen molar-refractivity contribution in [2.75, 3.05) is 18.0 Å². The number of rotatable bonds is 5. The van der Waals surface area contributed by atoms with Gasteiger partial charge in [-0.05, 0) is 71.1 Å². The number of anilines is 1. The number of carbonyl (C=O) groups excluding carboxylic acids is 1. The summed E-state index contributed by atoms with van der Waals surface area (Å²) in [7, 11) is -4.40. The van der Waals surface area contributed by atoms with Gasteiger partial charge in [0.2, 0.25) is 11.8 Å². The third-order valence-corrected chi connectivity index (χ3v) is 6.71. The van der Waals surface area contributed by atoms with Crippen LogP contribution < -0.4 is 15.0 Å². The zero-order chi connectivity index (χ0) is 25.3. The molecule has 3 rings (SSSR count). The number of hydrogen-bond donors (Lipinski definition) is 2. The molecule has 0 radical (unpaired) electrons. The van der Waals surface area contributed by atoms with E-state index in [0.29, 0.717) is 48.8 Å². The highest BCUT2D eigenvalue weighted by atomic mass is 32.2. The molecule has 0 aliphatic carbocycles. The van der Waals surface area contributed by atoms with Crippen molar-refractivity contribution < 1.29 is 27.2 Å². The number of carbonyl (C=O) groups is 1. The summed E-state index contributed by atoms with van der Waals surface area (Å²) in [6.45, 7) is 12.0. The van der Waals surface area contributed by atoms with E-state index < -0.39 is 21.8 Å². The third kappa shape index (κ3) is 6.35. The Kier molecular flexibility index (Phi) is 7.37. The second-order valence-electron chi connectivity index (χ2n) is 9.43. The largest absolute Gasteiger partial charge is 0.444 e. The fraction of sp³-hybridized carbons (Fsp3) is 0.522. The molecule has 1 aromatic heterocycles. The number of amides is 1. The van der Waals surface area contributed by atoms with Crippen molar-refractivity contribution in [3.8, 4) is 11.6 Å². The second kappa shape index (κ2) is 9.75. The molecule has 11 heteroatoms. The van der Waals surface area contributed by atoms with Gasteiger partial charge in [0.1, 0.15) is 16.2 Å². The minimum absolute atomic E-state index is 0.00238. The topological polar surface area (TPSA) is 131 Å². The van der Waals surface area contributed by atoms with Crippen LogP contribution in [0.15, 0.2) is 23.2 Å². The Morgan fingerprint density at radius 1 is 1.15 bits per heavy atom. The van der Waals surface area contributed by atoms with Crippen molar-refractivity contribution in [3.05, 3.63) is 35.0 Å². The van der Waals surface area contributed by atoms with E-state index in [1.807, 2.05) is 32.6 Å². The summed E-state index contributed by atoms with van der Waals surface area (Å²) >= 11 is 0. The molecule has 1 aliphatic rings. The molecule has 0 bridgehead atoms. The molecule has 1 aromatic carbocycles. The van der Waals surface area contributed by atoms with Gasteiger partial charge < -0.3 is 19.7 Å². The lowest BCUT2D eigenvalue weighted by atomic mass is 10.0. The molecule has 1 saturated heterocycles. The predicted octanol–water partition coefficient (Wildman–Crippen LogP) is 3.93. The van der Waals surface area contributed by atoms with Crippen LogP contribution in [0.25, 0.3) is 0 Å². The maximum Gasteiger partial charge on any atom is 0.407 e. The minimum Gasteiger partial charge on any atom is -0.444 e. The third-order valence-electron chi connectivity index (χ3n) is 5.73. The van der Waals surface area contributed by atoms with E-state index in [1.54, 1.807) is 26.1 Å². The molecule has 2 N–H and O–H groups in total. The first-order valence-corrected chi connectivity index (χ1v) is 12.5. The average molecular weight is 493 g/mol. The maximum atomic E-state index is 12.0. The Bertz CT molecular complexity index is 1170. The van der Waals surface area contributed by atoms with E-state index >= 15 is 0 Å². The van der Waals surface area contributed by atoms with Gasteiger partial charge in [-0.1, -0.05) is 0 Å². The van der Waals surface area contributed by atoms with Crippen molar-refractivity contribution in [2.45, 2.75) is 70.9 Å². The molecule has 0 atom stereocenters. The van der Waals surface area contributed by atoms with Gasteiger partial charge in [0, 0.05) is 37.5 Å². The molecule has 2 heterocycles. The molecule has 2 aromatic rings. The van der Waals surface area contributed by atoms with Crippen LogP contribution in [0.2, 0.25) is 0 Å². The maximum absolute atomic E-state index is 12.0. The molecule has 10 nitrogen and oxygen atoms in total. The number of ether oxygens (including phenoxy) is 2. The van der Waals surface area contributed by atoms with E-state index in [0.717, 1.165) is 5.56 Å². The van der Waals surface area contributed by atoms with E-state index in [1.165, 1.54) is 6.07 Å². The number of piperidine rings is 1. The lowest BCUT2D eigenvalue weighted by Gasteiger charge is -2.32. The van der Waals surface area contributed by atoms with Crippen molar-refractivity contribution >= 4 is 22.2 Å². The molecule has 0 saturated carbocycles. The Hall–Kier alpha value is -2.92. The van der Waals surface area contributed by atoms with Gasteiger partial charge in [0.15, 0.2) is 0 Å². The standard InChI is InChI=1S/C23H32N4O6S/c1-14-15(2)18(13-19(16(14)3)34(29,30)31)32-20-7-10-24-21(26-20)27-11-8-17(9-12-27)25-22(28)33-23(4,5)6/h7,10,13,17H,8-9,11-12H2,1-6H3,(H,25,28)(H,29,30,31). The van der Waals surface area contributed by atoms with Crippen LogP contribution in [0.1, 0.15) is 50.3 Å². The number of nitrogens with one attached hydrogen (secondary N) is 1. The van der Waals surface area contributed by atoms with Crippen LogP contribution in [-0.2, 0) is 14.9 Å². The Labute approximate surface area is 200 Å². The van der Waals surface area contributed by atoms with Gasteiger partial charge >= 0.3 is 6.09 Å². The first-order chi connectivity index (χ1) is 15.7. The second-order valence-corrected chi connectivity index (χ2v) is 10.8. The number of nitrogens with zero attached hydrogens (tertiary/aromatic N) is 3. The molecular formula is C23H32N4O6S. The summed E-state index contributed by atoms with van der Waals surface area (Å²) in [5, 5.41) is 2.90. The molecule has 1 amide bonds. The SMILES string of the molecule is Cc1c(Oc2ccnc(N3CCC(NC(=O)OC(C)(C)C)CC3)n2)cc(S(=O)(=O)O)c(C)c1C. The highest BCUT2D eigenvalue weighted by Crippen LogP contribution is 2.33. The summed E-state index contributed by atoms with van der Waals surface area (Å²) in [5.74, 6) is 1.02. The van der Waals surface area contributed by atoms with Crippen molar-refractivity contribution in [2.24, 2.45) is 0 Å². The van der Waals surface area contributed by atoms with Crippen LogP contribution in [-0.4, -0.2) is 53.8 Å². The normalized spacial score (nSPS) is 15.2. The van der Waals surface area contributed by atoms with Crippen LogP contribution >= 0.6 is 0 Å². The monoisotopic (exact) mass is 492 g/mol. The Morgan fingerprint density at radius 2 is 1.79 bits per heavy atom. The average Bonchev–Trinajstić information content (AvgIpc) is 2.72. The van der Waals surface area contributed by atoms with Gasteiger partial charge in [-0.25, -0.2) is 9.78 Å². The number of hydrogen-bond acceptors (Lipinski definition) is 8. The van der Waals surface area contributed by atoms with Crippen LogP contribution in [0, 0.1) is 20.8 Å². The Balaban J connectivity index is 1.70. The van der Waals surface area contributed by atoms with E-state index in [-0.39, 0.29) is 16.8 Å².